The molecule has 3 rings (SSSR count). The molecule has 1 aromatic heterocycles. The summed E-state index contributed by atoms with van der Waals surface area (Å²) in [6.07, 6.45) is 2.11. The van der Waals surface area contributed by atoms with Crippen LogP contribution in [0.25, 0.3) is 0 Å². The van der Waals surface area contributed by atoms with E-state index in [1.807, 2.05) is 11.7 Å². The van der Waals surface area contributed by atoms with E-state index in [0.29, 0.717) is 5.92 Å². The van der Waals surface area contributed by atoms with Crippen molar-refractivity contribution in [3.63, 3.8) is 0 Å². The third kappa shape index (κ3) is 2.62. The average molecular weight is 270 g/mol. The van der Waals surface area contributed by atoms with Crippen LogP contribution in [0.5, 0.6) is 0 Å². The number of likely N-dealkylation sites (tertiary alicyclic amines) is 1. The maximum atomic E-state index is 6.34. The minimum atomic E-state index is 0.217. The molecule has 20 heavy (non-hydrogen) atoms. The normalized spacial score (nSPS) is 23.4. The van der Waals surface area contributed by atoms with Crippen molar-refractivity contribution in [1.29, 1.82) is 0 Å². The fourth-order valence-corrected chi connectivity index (χ4v) is 3.14. The molecule has 0 aliphatic carbocycles. The summed E-state index contributed by atoms with van der Waals surface area (Å²) in [6.45, 7) is 4.99. The highest BCUT2D eigenvalue weighted by Gasteiger charge is 2.31. The van der Waals surface area contributed by atoms with E-state index in [4.69, 9.17) is 5.73 Å². The van der Waals surface area contributed by atoms with E-state index in [0.717, 1.165) is 25.3 Å². The van der Waals surface area contributed by atoms with E-state index in [9.17, 15) is 0 Å². The van der Waals surface area contributed by atoms with Gasteiger partial charge in [-0.25, -0.2) is 0 Å². The van der Waals surface area contributed by atoms with Crippen molar-refractivity contribution < 1.29 is 0 Å². The lowest BCUT2D eigenvalue weighted by molar-refractivity contribution is 0.323. The predicted octanol–water partition coefficient (Wildman–Crippen LogP) is 1.66. The van der Waals surface area contributed by atoms with Crippen LogP contribution in [0.1, 0.15) is 22.7 Å². The molecule has 0 radical (unpaired) electrons. The molecule has 1 aliphatic heterocycles. The Balaban J connectivity index is 1.71. The summed E-state index contributed by atoms with van der Waals surface area (Å²) in [5.74, 6) is 0.438. The maximum absolute atomic E-state index is 6.34. The zero-order valence-electron chi connectivity index (χ0n) is 12.2. The molecular formula is C16H22N4. The van der Waals surface area contributed by atoms with E-state index >= 15 is 0 Å². The van der Waals surface area contributed by atoms with Crippen LogP contribution in [0, 0.1) is 6.92 Å². The Bertz CT molecular complexity index is 575. The van der Waals surface area contributed by atoms with Crippen molar-refractivity contribution in [1.82, 2.24) is 14.7 Å². The molecule has 1 aromatic carbocycles. The topological polar surface area (TPSA) is 47.1 Å². The largest absolute Gasteiger partial charge is 0.326 e. The summed E-state index contributed by atoms with van der Waals surface area (Å²) in [6, 6.07) is 10.8. The van der Waals surface area contributed by atoms with E-state index in [2.05, 4.69) is 53.5 Å². The van der Waals surface area contributed by atoms with Crippen LogP contribution in [-0.2, 0) is 13.6 Å². The number of rotatable bonds is 3. The van der Waals surface area contributed by atoms with Crippen LogP contribution < -0.4 is 5.73 Å². The van der Waals surface area contributed by atoms with E-state index in [1.54, 1.807) is 0 Å². The molecule has 0 bridgehead atoms. The van der Waals surface area contributed by atoms with Gasteiger partial charge in [0.1, 0.15) is 0 Å². The van der Waals surface area contributed by atoms with Gasteiger partial charge >= 0.3 is 0 Å². The predicted molar refractivity (Wildman–Crippen MR) is 80.4 cm³/mol. The number of benzene rings is 1. The molecule has 1 saturated heterocycles. The van der Waals surface area contributed by atoms with Gasteiger partial charge in [0.25, 0.3) is 0 Å². The molecule has 2 heterocycles. The molecule has 4 heteroatoms. The van der Waals surface area contributed by atoms with Gasteiger partial charge in [0.2, 0.25) is 0 Å². The van der Waals surface area contributed by atoms with Crippen molar-refractivity contribution in [3.8, 4) is 0 Å². The van der Waals surface area contributed by atoms with Crippen molar-refractivity contribution >= 4 is 0 Å². The first-order valence-corrected chi connectivity index (χ1v) is 7.15. The molecule has 106 valence electrons. The highest BCUT2D eigenvalue weighted by molar-refractivity contribution is 5.24. The molecule has 1 aliphatic rings. The Labute approximate surface area is 120 Å². The number of hydrogen-bond donors (Lipinski definition) is 1. The molecule has 0 unspecified atom stereocenters. The molecule has 0 spiro atoms. The Morgan fingerprint density at radius 3 is 2.65 bits per heavy atom. The summed E-state index contributed by atoms with van der Waals surface area (Å²) in [5.41, 5.74) is 10.1. The van der Waals surface area contributed by atoms with Gasteiger partial charge in [-0.15, -0.1) is 0 Å². The first-order valence-electron chi connectivity index (χ1n) is 7.15. The Hall–Kier alpha value is -1.65. The highest BCUT2D eigenvalue weighted by Crippen LogP contribution is 2.27. The third-order valence-electron chi connectivity index (χ3n) is 4.18. The lowest BCUT2D eigenvalue weighted by atomic mass is 9.95. The molecule has 4 nitrogen and oxygen atoms in total. The second-order valence-electron chi connectivity index (χ2n) is 5.79. The maximum Gasteiger partial charge on any atom is 0.0638 e. The number of nitrogens with zero attached hydrogens (tertiary/aromatic N) is 3. The lowest BCUT2D eigenvalue weighted by Crippen LogP contribution is -2.28. The number of aryl methyl sites for hydroxylation is 2. The van der Waals surface area contributed by atoms with Gasteiger partial charge in [-0.1, -0.05) is 30.3 Å². The van der Waals surface area contributed by atoms with Crippen LogP contribution in [0.15, 0.2) is 36.5 Å². The number of aromatic nitrogens is 2. The van der Waals surface area contributed by atoms with E-state index in [1.165, 1.54) is 11.1 Å². The quantitative estimate of drug-likeness (QED) is 0.922. The lowest BCUT2D eigenvalue weighted by Gasteiger charge is -2.15. The van der Waals surface area contributed by atoms with Gasteiger partial charge in [0.05, 0.1) is 5.69 Å². The third-order valence-corrected chi connectivity index (χ3v) is 4.18. The standard InChI is InChI=1S/C16H22N4/c1-12-14(8-19(2)18-12)9-20-10-15(16(17)11-20)13-6-4-3-5-7-13/h3-8,15-16H,9-11,17H2,1-2H3/t15-,16+/m0/s1. The van der Waals surface area contributed by atoms with Crippen LogP contribution in [0.2, 0.25) is 0 Å². The van der Waals surface area contributed by atoms with Gasteiger partial charge < -0.3 is 5.73 Å². The summed E-state index contributed by atoms with van der Waals surface area (Å²) < 4.78 is 1.88. The second-order valence-corrected chi connectivity index (χ2v) is 5.79. The number of hydrogen-bond acceptors (Lipinski definition) is 3. The summed E-state index contributed by atoms with van der Waals surface area (Å²) in [4.78, 5) is 2.44. The first-order chi connectivity index (χ1) is 9.63. The highest BCUT2D eigenvalue weighted by atomic mass is 15.3. The van der Waals surface area contributed by atoms with Gasteiger partial charge in [0, 0.05) is 50.4 Å². The smallest absolute Gasteiger partial charge is 0.0638 e. The van der Waals surface area contributed by atoms with Crippen molar-refractivity contribution in [3.05, 3.63) is 53.3 Å². The minimum absolute atomic E-state index is 0.217. The van der Waals surface area contributed by atoms with Crippen molar-refractivity contribution in [2.24, 2.45) is 12.8 Å². The zero-order valence-corrected chi connectivity index (χ0v) is 12.2. The summed E-state index contributed by atoms with van der Waals surface area (Å²) in [7, 11) is 1.97. The molecule has 1 fully saturated rings. The summed E-state index contributed by atoms with van der Waals surface area (Å²) >= 11 is 0. The Kier molecular flexibility index (Phi) is 3.59. The van der Waals surface area contributed by atoms with Gasteiger partial charge in [0.15, 0.2) is 0 Å². The van der Waals surface area contributed by atoms with E-state index < -0.39 is 0 Å². The SMILES string of the molecule is Cc1nn(C)cc1CN1C[C@@H](N)[C@H](c2ccccc2)C1. The molecule has 0 amide bonds. The van der Waals surface area contributed by atoms with E-state index in [-0.39, 0.29) is 6.04 Å². The van der Waals surface area contributed by atoms with Crippen LogP contribution >= 0.6 is 0 Å². The second kappa shape index (κ2) is 5.38. The van der Waals surface area contributed by atoms with Gasteiger partial charge in [-0.3, -0.25) is 9.58 Å². The van der Waals surface area contributed by atoms with Gasteiger partial charge in [-0.2, -0.15) is 5.10 Å². The molecule has 2 N–H and O–H groups in total. The minimum Gasteiger partial charge on any atom is -0.326 e. The van der Waals surface area contributed by atoms with Crippen LogP contribution in [0.3, 0.4) is 0 Å². The number of nitrogens with two attached hydrogens (primary N) is 1. The molecule has 2 atom stereocenters. The zero-order chi connectivity index (χ0) is 14.1. The molecular weight excluding hydrogens is 248 g/mol. The van der Waals surface area contributed by atoms with Crippen LogP contribution in [0.4, 0.5) is 0 Å². The van der Waals surface area contributed by atoms with Gasteiger partial charge in [-0.05, 0) is 12.5 Å². The fourth-order valence-electron chi connectivity index (χ4n) is 3.14. The van der Waals surface area contributed by atoms with Crippen LogP contribution in [-0.4, -0.2) is 33.8 Å². The Morgan fingerprint density at radius 2 is 2.00 bits per heavy atom. The van der Waals surface area contributed by atoms with Crippen molar-refractivity contribution in [2.45, 2.75) is 25.4 Å². The molecule has 0 saturated carbocycles. The fraction of sp³-hybridized carbons (Fsp3) is 0.438. The Morgan fingerprint density at radius 1 is 1.25 bits per heavy atom. The monoisotopic (exact) mass is 270 g/mol. The average Bonchev–Trinajstić information content (AvgIpc) is 2.94. The molecule has 2 aromatic rings. The first kappa shape index (κ1) is 13.3. The van der Waals surface area contributed by atoms with Crippen molar-refractivity contribution in [2.75, 3.05) is 13.1 Å². The summed E-state index contributed by atoms with van der Waals surface area (Å²) in [5, 5.41) is 4.41.